The van der Waals surface area contributed by atoms with Crippen LogP contribution < -0.4 is 20.7 Å². The minimum Gasteiger partial charge on any atom is -0.490 e. The summed E-state index contributed by atoms with van der Waals surface area (Å²) >= 11 is 0. The maximum absolute atomic E-state index is 14.1. The quantitative estimate of drug-likeness (QED) is 0.126. The van der Waals surface area contributed by atoms with Gasteiger partial charge in [0.15, 0.2) is 0 Å². The van der Waals surface area contributed by atoms with Gasteiger partial charge in [-0.3, -0.25) is 44.0 Å². The van der Waals surface area contributed by atoms with Gasteiger partial charge in [0, 0.05) is 79.2 Å². The van der Waals surface area contributed by atoms with Gasteiger partial charge in [0.05, 0.1) is 16.6 Å². The SMILES string of the molecule is C[C@@H](C(=O)Nc1ccc(OC2CCN(C(=O)C3CCN(C4CCC(Nc5cccc6c5C(=O)N(C5CCC(=O)NC5=O)C6=O)CC4)CC3)CC2)cc1)C1CCC(c2ccnc3ccc(F)cc23)CC1. The number of aromatic nitrogens is 1. The summed E-state index contributed by atoms with van der Waals surface area (Å²) in [4.78, 5) is 88.2. The van der Waals surface area contributed by atoms with Crippen LogP contribution in [0.1, 0.15) is 129 Å². The molecule has 362 valence electrons. The van der Waals surface area contributed by atoms with E-state index < -0.39 is 29.7 Å². The van der Waals surface area contributed by atoms with Crippen LogP contribution in [0.5, 0.6) is 5.75 Å². The molecule has 15 heteroatoms. The van der Waals surface area contributed by atoms with E-state index in [2.05, 4.69) is 25.8 Å². The average molecular weight is 940 g/mol. The summed E-state index contributed by atoms with van der Waals surface area (Å²) in [7, 11) is 0. The lowest BCUT2D eigenvalue weighted by Crippen LogP contribution is -2.54. The first-order valence-electron chi connectivity index (χ1n) is 25.2. The summed E-state index contributed by atoms with van der Waals surface area (Å²) in [5.74, 6) is -0.773. The van der Waals surface area contributed by atoms with Gasteiger partial charge in [-0.25, -0.2) is 4.39 Å². The van der Waals surface area contributed by atoms with Gasteiger partial charge < -0.3 is 25.2 Å². The van der Waals surface area contributed by atoms with Gasteiger partial charge in [-0.15, -0.1) is 0 Å². The van der Waals surface area contributed by atoms with Crippen LogP contribution in [0.3, 0.4) is 0 Å². The average Bonchev–Trinajstić information content (AvgIpc) is 3.63. The van der Waals surface area contributed by atoms with Crippen molar-refractivity contribution < 1.29 is 37.9 Å². The van der Waals surface area contributed by atoms with E-state index in [0.717, 1.165) is 123 Å². The first-order valence-corrected chi connectivity index (χ1v) is 25.2. The van der Waals surface area contributed by atoms with Gasteiger partial charge in [0.25, 0.3) is 11.8 Å². The van der Waals surface area contributed by atoms with Crippen molar-refractivity contribution in [3.8, 4) is 5.75 Å². The number of benzene rings is 3. The summed E-state index contributed by atoms with van der Waals surface area (Å²) in [5.41, 5.74) is 3.87. The highest BCUT2D eigenvalue weighted by atomic mass is 19.1. The molecule has 14 nitrogen and oxygen atoms in total. The highest BCUT2D eigenvalue weighted by Crippen LogP contribution is 2.41. The largest absolute Gasteiger partial charge is 0.490 e. The Bertz CT molecular complexity index is 2610. The smallest absolute Gasteiger partial charge is 0.264 e. The molecular weight excluding hydrogens is 878 g/mol. The number of likely N-dealkylation sites (tertiary alicyclic amines) is 2. The molecule has 2 aliphatic carbocycles. The molecule has 3 saturated heterocycles. The molecule has 6 aliphatic rings. The fraction of sp³-hybridized carbons (Fsp3) is 0.500. The van der Waals surface area contributed by atoms with Crippen molar-refractivity contribution in [2.45, 2.75) is 127 Å². The molecule has 0 radical (unpaired) electrons. The summed E-state index contributed by atoms with van der Waals surface area (Å²) in [6.45, 7) is 5.14. The van der Waals surface area contributed by atoms with Crippen LogP contribution in [0.4, 0.5) is 15.8 Å². The highest BCUT2D eigenvalue weighted by Gasteiger charge is 2.46. The Morgan fingerprint density at radius 3 is 2.26 bits per heavy atom. The number of halogens is 1. The molecule has 69 heavy (non-hydrogen) atoms. The minimum absolute atomic E-state index is 0.0126. The first kappa shape index (κ1) is 46.5. The number of fused-ring (bicyclic) bond motifs is 2. The number of ether oxygens (including phenoxy) is 1. The topological polar surface area (TPSA) is 170 Å². The number of amides is 6. The van der Waals surface area contributed by atoms with Crippen molar-refractivity contribution in [2.75, 3.05) is 36.8 Å². The predicted molar refractivity (Wildman–Crippen MR) is 258 cm³/mol. The van der Waals surface area contributed by atoms with Crippen LogP contribution >= 0.6 is 0 Å². The molecule has 6 amide bonds. The molecule has 1 aromatic heterocycles. The van der Waals surface area contributed by atoms with Crippen LogP contribution in [-0.4, -0.2) is 106 Å². The number of piperidine rings is 3. The molecule has 2 saturated carbocycles. The first-order chi connectivity index (χ1) is 33.5. The molecule has 4 aromatic rings. The molecule has 5 heterocycles. The fourth-order valence-corrected chi connectivity index (χ4v) is 12.1. The zero-order valence-electron chi connectivity index (χ0n) is 39.3. The van der Waals surface area contributed by atoms with Crippen molar-refractivity contribution >= 4 is 57.7 Å². The molecule has 3 aromatic carbocycles. The Labute approximate surface area is 402 Å². The van der Waals surface area contributed by atoms with Crippen LogP contribution in [0.2, 0.25) is 0 Å². The van der Waals surface area contributed by atoms with Crippen LogP contribution in [0.25, 0.3) is 10.9 Å². The van der Waals surface area contributed by atoms with E-state index in [9.17, 15) is 33.2 Å². The highest BCUT2D eigenvalue weighted by molar-refractivity contribution is 6.25. The normalized spacial score (nSPS) is 25.6. The van der Waals surface area contributed by atoms with Crippen molar-refractivity contribution in [3.63, 3.8) is 0 Å². The number of rotatable bonds is 11. The minimum atomic E-state index is -0.999. The molecule has 10 rings (SSSR count). The molecule has 1 unspecified atom stereocenters. The van der Waals surface area contributed by atoms with Gasteiger partial charge in [0.1, 0.15) is 23.7 Å². The van der Waals surface area contributed by atoms with E-state index in [0.29, 0.717) is 36.3 Å². The van der Waals surface area contributed by atoms with E-state index in [4.69, 9.17) is 4.74 Å². The molecule has 2 atom stereocenters. The van der Waals surface area contributed by atoms with Gasteiger partial charge in [-0.05, 0) is 162 Å². The van der Waals surface area contributed by atoms with E-state index in [-0.39, 0.29) is 65.9 Å². The van der Waals surface area contributed by atoms with Crippen molar-refractivity contribution in [1.29, 1.82) is 0 Å². The van der Waals surface area contributed by atoms with Crippen LogP contribution in [0, 0.1) is 23.6 Å². The molecule has 0 spiro atoms. The number of nitrogens with one attached hydrogen (secondary N) is 3. The molecule has 0 bridgehead atoms. The van der Waals surface area contributed by atoms with E-state index in [1.54, 1.807) is 24.3 Å². The molecule has 5 fully saturated rings. The van der Waals surface area contributed by atoms with Crippen molar-refractivity contribution in [3.05, 3.63) is 95.4 Å². The lowest BCUT2D eigenvalue weighted by Gasteiger charge is -2.42. The van der Waals surface area contributed by atoms with Crippen LogP contribution in [-0.2, 0) is 19.2 Å². The standard InChI is InChI=1S/C54H62FN7O7/c1-32(33-5-7-34(8-6-33)42-21-26-56-45-18-9-36(55)31-44(42)45)50(64)58-38-12-16-40(17-13-38)69-41-24-29-61(30-25-41)52(66)35-22-27-60(28-23-35)39-14-10-37(11-15-39)57-46-4-2-3-43-49(46)54(68)62(53(43)67)47-19-20-48(63)59-51(47)65/h2-4,9,12-13,16-18,21,26,31-35,37,39,41,47,57H,5-8,10-11,14-15,19-20,22-25,27-30H2,1H3,(H,58,64)(H,59,63,65)/t32-,33?,34?,37?,39?,47?/m1/s1. The number of anilines is 2. The number of carbonyl (C=O) groups is 6. The molecular formula is C54H62FN7O7. The zero-order valence-corrected chi connectivity index (χ0v) is 39.3. The zero-order chi connectivity index (χ0) is 47.8. The van der Waals surface area contributed by atoms with Crippen molar-refractivity contribution in [2.24, 2.45) is 17.8 Å². The van der Waals surface area contributed by atoms with Gasteiger partial charge >= 0.3 is 0 Å². The van der Waals surface area contributed by atoms with E-state index in [1.807, 2.05) is 54.4 Å². The third kappa shape index (κ3) is 9.84. The van der Waals surface area contributed by atoms with Crippen LogP contribution in [0.15, 0.2) is 72.9 Å². The number of carbonyl (C=O) groups excluding carboxylic acids is 6. The summed E-state index contributed by atoms with van der Waals surface area (Å²) in [6.07, 6.45) is 12.8. The Morgan fingerprint density at radius 2 is 1.54 bits per heavy atom. The monoisotopic (exact) mass is 939 g/mol. The Hall–Kier alpha value is -6.22. The lowest BCUT2D eigenvalue weighted by atomic mass is 9.73. The number of hydrogen-bond donors (Lipinski definition) is 3. The second-order valence-electron chi connectivity index (χ2n) is 20.3. The molecule has 3 N–H and O–H groups in total. The Kier molecular flexibility index (Phi) is 13.5. The Morgan fingerprint density at radius 1 is 0.797 bits per heavy atom. The summed E-state index contributed by atoms with van der Waals surface area (Å²) < 4.78 is 20.4. The predicted octanol–water partition coefficient (Wildman–Crippen LogP) is 7.83. The van der Waals surface area contributed by atoms with E-state index >= 15 is 0 Å². The number of nitrogens with zero attached hydrogens (tertiary/aromatic N) is 4. The van der Waals surface area contributed by atoms with Gasteiger partial charge in [0.2, 0.25) is 23.6 Å². The van der Waals surface area contributed by atoms with Crippen molar-refractivity contribution in [1.82, 2.24) is 25.0 Å². The second kappa shape index (κ2) is 20.0. The van der Waals surface area contributed by atoms with Gasteiger partial charge in [-0.2, -0.15) is 0 Å². The summed E-state index contributed by atoms with van der Waals surface area (Å²) in [5, 5.41) is 9.80. The van der Waals surface area contributed by atoms with E-state index in [1.165, 1.54) is 6.07 Å². The lowest BCUT2D eigenvalue weighted by molar-refractivity contribution is -0.139. The maximum atomic E-state index is 14.1. The van der Waals surface area contributed by atoms with Gasteiger partial charge in [-0.1, -0.05) is 13.0 Å². The maximum Gasteiger partial charge on any atom is 0.264 e. The second-order valence-corrected chi connectivity index (χ2v) is 20.3. The summed E-state index contributed by atoms with van der Waals surface area (Å²) in [6, 6.07) is 19.1. The fourth-order valence-electron chi connectivity index (χ4n) is 12.1. The molecule has 4 aliphatic heterocycles. The number of imide groups is 2. The number of pyridine rings is 1. The third-order valence-corrected chi connectivity index (χ3v) is 16.2. The number of hydrogen-bond acceptors (Lipinski definition) is 10. The third-order valence-electron chi connectivity index (χ3n) is 16.2. The Balaban J connectivity index is 0.625.